The highest BCUT2D eigenvalue weighted by Crippen LogP contribution is 2.30. The van der Waals surface area contributed by atoms with Gasteiger partial charge in [0.15, 0.2) is 0 Å². The summed E-state index contributed by atoms with van der Waals surface area (Å²) in [6.45, 7) is 2.45. The number of aliphatic hydroxyl groups is 1. The van der Waals surface area contributed by atoms with E-state index in [0.29, 0.717) is 25.0 Å². The van der Waals surface area contributed by atoms with E-state index in [0.717, 1.165) is 42.2 Å². The van der Waals surface area contributed by atoms with Gasteiger partial charge in [0.25, 0.3) is 0 Å². The molecule has 0 spiro atoms. The second-order valence-electron chi connectivity index (χ2n) is 7.75. The van der Waals surface area contributed by atoms with Crippen LogP contribution in [0.5, 0.6) is 11.5 Å². The Hall–Kier alpha value is -2.83. The molecule has 2 aromatic carbocycles. The molecule has 152 valence electrons. The molecule has 0 amide bonds. The third-order valence-electron chi connectivity index (χ3n) is 5.56. The summed E-state index contributed by atoms with van der Waals surface area (Å²) in [6.07, 6.45) is 1.82. The van der Waals surface area contributed by atoms with Crippen LogP contribution in [0.2, 0.25) is 0 Å². The van der Waals surface area contributed by atoms with Crippen LogP contribution in [0.15, 0.2) is 59.1 Å². The first kappa shape index (κ1) is 19.5. The fourth-order valence-electron chi connectivity index (χ4n) is 3.80. The number of phenols is 1. The summed E-state index contributed by atoms with van der Waals surface area (Å²) in [7, 11) is 1.64. The molecule has 2 N–H and O–H groups in total. The smallest absolute Gasteiger partial charge is 0.140 e. The minimum Gasteiger partial charge on any atom is -0.508 e. The van der Waals surface area contributed by atoms with Gasteiger partial charge in [-0.15, -0.1) is 0 Å². The molecule has 0 aliphatic carbocycles. The Bertz CT molecular complexity index is 944. The minimum absolute atomic E-state index is 0.280. The van der Waals surface area contributed by atoms with Gasteiger partial charge in [-0.3, -0.25) is 4.90 Å². The molecule has 29 heavy (non-hydrogen) atoms. The fourth-order valence-corrected chi connectivity index (χ4v) is 3.80. The highest BCUT2D eigenvalue weighted by molar-refractivity contribution is 5.60. The first-order valence-electron chi connectivity index (χ1n) is 9.86. The van der Waals surface area contributed by atoms with Crippen molar-refractivity contribution in [3.05, 3.63) is 65.9 Å². The Balaban J connectivity index is 1.35. The average molecular weight is 394 g/mol. The van der Waals surface area contributed by atoms with Gasteiger partial charge in [0.05, 0.1) is 12.7 Å². The predicted molar refractivity (Wildman–Crippen MR) is 110 cm³/mol. The average Bonchev–Trinajstić information content (AvgIpc) is 3.19. The van der Waals surface area contributed by atoms with Gasteiger partial charge in [0, 0.05) is 37.7 Å². The van der Waals surface area contributed by atoms with E-state index in [-0.39, 0.29) is 5.75 Å². The van der Waals surface area contributed by atoms with E-state index in [9.17, 15) is 10.2 Å². The lowest BCUT2D eigenvalue weighted by molar-refractivity contribution is -0.0265. The van der Waals surface area contributed by atoms with Gasteiger partial charge in [0.1, 0.15) is 23.0 Å². The molecule has 0 atom stereocenters. The third-order valence-corrected chi connectivity index (χ3v) is 5.56. The van der Waals surface area contributed by atoms with Crippen LogP contribution in [0.25, 0.3) is 11.3 Å². The number of hydrogen-bond acceptors (Lipinski definition) is 6. The molecule has 6 nitrogen and oxygen atoms in total. The first-order valence-corrected chi connectivity index (χ1v) is 9.86. The Labute approximate surface area is 170 Å². The van der Waals surface area contributed by atoms with E-state index in [4.69, 9.17) is 9.26 Å². The van der Waals surface area contributed by atoms with Gasteiger partial charge in [-0.1, -0.05) is 29.4 Å². The zero-order valence-corrected chi connectivity index (χ0v) is 16.5. The SMILES string of the molecule is COc1cccc(-c2cc(CC3(O)CCN(Cc4ccc(O)cc4)CC3)on2)c1. The summed E-state index contributed by atoms with van der Waals surface area (Å²) >= 11 is 0. The monoisotopic (exact) mass is 394 g/mol. The molecule has 0 radical (unpaired) electrons. The van der Waals surface area contributed by atoms with E-state index in [1.54, 1.807) is 19.2 Å². The van der Waals surface area contributed by atoms with Gasteiger partial charge in [-0.2, -0.15) is 0 Å². The lowest BCUT2D eigenvalue weighted by atomic mass is 9.87. The Morgan fingerprint density at radius 3 is 2.59 bits per heavy atom. The van der Waals surface area contributed by atoms with E-state index in [1.165, 1.54) is 0 Å². The van der Waals surface area contributed by atoms with Crippen LogP contribution < -0.4 is 4.74 Å². The number of rotatable bonds is 6. The van der Waals surface area contributed by atoms with Crippen molar-refractivity contribution in [1.82, 2.24) is 10.1 Å². The number of aromatic nitrogens is 1. The summed E-state index contributed by atoms with van der Waals surface area (Å²) < 4.78 is 10.8. The highest BCUT2D eigenvalue weighted by Gasteiger charge is 2.33. The van der Waals surface area contributed by atoms with Crippen molar-refractivity contribution >= 4 is 0 Å². The van der Waals surface area contributed by atoms with Crippen molar-refractivity contribution < 1.29 is 19.5 Å². The summed E-state index contributed by atoms with van der Waals surface area (Å²) in [5.41, 5.74) is 2.05. The molecule has 1 aromatic heterocycles. The lowest BCUT2D eigenvalue weighted by Crippen LogP contribution is -2.45. The summed E-state index contributed by atoms with van der Waals surface area (Å²) in [4.78, 5) is 2.32. The minimum atomic E-state index is -0.781. The quantitative estimate of drug-likeness (QED) is 0.665. The Kier molecular flexibility index (Phi) is 5.56. The zero-order chi connectivity index (χ0) is 20.3. The number of likely N-dealkylation sites (tertiary alicyclic amines) is 1. The molecule has 6 heteroatoms. The molecule has 1 aliphatic rings. The molecule has 0 saturated carbocycles. The van der Waals surface area contributed by atoms with Gasteiger partial charge in [-0.05, 0) is 42.7 Å². The topological polar surface area (TPSA) is 79.0 Å². The van der Waals surface area contributed by atoms with Crippen LogP contribution in [0, 0.1) is 0 Å². The summed E-state index contributed by atoms with van der Waals surface area (Å²) in [6, 6.07) is 16.9. The zero-order valence-electron chi connectivity index (χ0n) is 16.5. The Morgan fingerprint density at radius 1 is 1.10 bits per heavy atom. The maximum atomic E-state index is 11.0. The highest BCUT2D eigenvalue weighted by atomic mass is 16.5. The lowest BCUT2D eigenvalue weighted by Gasteiger charge is -2.37. The number of benzene rings is 2. The van der Waals surface area contributed by atoms with Crippen molar-refractivity contribution in [2.45, 2.75) is 31.4 Å². The van der Waals surface area contributed by atoms with Gasteiger partial charge >= 0.3 is 0 Å². The van der Waals surface area contributed by atoms with Crippen LogP contribution in [0.4, 0.5) is 0 Å². The maximum absolute atomic E-state index is 11.0. The first-order chi connectivity index (χ1) is 14.0. The number of phenolic OH excluding ortho intramolecular Hbond substituents is 1. The molecule has 1 aliphatic heterocycles. The second kappa shape index (κ2) is 8.27. The number of ether oxygens (including phenoxy) is 1. The molecule has 4 rings (SSSR count). The molecule has 2 heterocycles. The van der Waals surface area contributed by atoms with E-state index in [1.807, 2.05) is 42.5 Å². The van der Waals surface area contributed by atoms with E-state index in [2.05, 4.69) is 10.1 Å². The van der Waals surface area contributed by atoms with Crippen molar-refractivity contribution in [3.8, 4) is 22.8 Å². The molecule has 1 saturated heterocycles. The van der Waals surface area contributed by atoms with Crippen LogP contribution in [0.3, 0.4) is 0 Å². The molecular weight excluding hydrogens is 368 g/mol. The number of hydrogen-bond donors (Lipinski definition) is 2. The molecule has 0 bridgehead atoms. The number of aromatic hydroxyl groups is 1. The van der Waals surface area contributed by atoms with Gasteiger partial charge in [0.2, 0.25) is 0 Å². The molecule has 1 fully saturated rings. The summed E-state index contributed by atoms with van der Waals surface area (Å²) in [5.74, 6) is 1.74. The normalized spacial score (nSPS) is 16.6. The van der Waals surface area contributed by atoms with Gasteiger partial charge in [-0.25, -0.2) is 0 Å². The fraction of sp³-hybridized carbons (Fsp3) is 0.348. The van der Waals surface area contributed by atoms with Crippen molar-refractivity contribution in [2.24, 2.45) is 0 Å². The summed E-state index contributed by atoms with van der Waals surface area (Å²) in [5, 5.41) is 24.6. The number of methoxy groups -OCH3 is 1. The van der Waals surface area contributed by atoms with E-state index >= 15 is 0 Å². The van der Waals surface area contributed by atoms with Crippen molar-refractivity contribution in [2.75, 3.05) is 20.2 Å². The van der Waals surface area contributed by atoms with Crippen molar-refractivity contribution in [3.63, 3.8) is 0 Å². The van der Waals surface area contributed by atoms with E-state index < -0.39 is 5.60 Å². The van der Waals surface area contributed by atoms with Crippen LogP contribution in [-0.4, -0.2) is 46.1 Å². The largest absolute Gasteiger partial charge is 0.508 e. The Morgan fingerprint density at radius 2 is 1.86 bits per heavy atom. The third kappa shape index (κ3) is 4.78. The number of piperidine rings is 1. The maximum Gasteiger partial charge on any atom is 0.140 e. The van der Waals surface area contributed by atoms with Crippen LogP contribution >= 0.6 is 0 Å². The predicted octanol–water partition coefficient (Wildman–Crippen LogP) is 3.63. The number of nitrogens with zero attached hydrogens (tertiary/aromatic N) is 2. The molecule has 3 aromatic rings. The standard InChI is InChI=1S/C23H26N2O4/c1-28-20-4-2-3-18(13-20)22-14-21(29-24-22)15-23(27)9-11-25(12-10-23)16-17-5-7-19(26)8-6-17/h2-8,13-14,26-27H,9-12,15-16H2,1H3. The van der Waals surface area contributed by atoms with Crippen LogP contribution in [-0.2, 0) is 13.0 Å². The second-order valence-corrected chi connectivity index (χ2v) is 7.75. The molecular formula is C23H26N2O4. The van der Waals surface area contributed by atoms with Gasteiger partial charge < -0.3 is 19.5 Å². The molecule has 0 unspecified atom stereocenters. The van der Waals surface area contributed by atoms with Crippen LogP contribution in [0.1, 0.15) is 24.2 Å². The van der Waals surface area contributed by atoms with Crippen molar-refractivity contribution in [1.29, 1.82) is 0 Å².